The highest BCUT2D eigenvalue weighted by atomic mass is 16.5. The van der Waals surface area contributed by atoms with Crippen LogP contribution in [0.2, 0.25) is 0 Å². The summed E-state index contributed by atoms with van der Waals surface area (Å²) in [6, 6.07) is 13.9. The highest BCUT2D eigenvalue weighted by Gasteiger charge is 2.18. The lowest BCUT2D eigenvalue weighted by Gasteiger charge is -2.31. The fourth-order valence-electron chi connectivity index (χ4n) is 3.80. The smallest absolute Gasteiger partial charge is 0.224 e. The van der Waals surface area contributed by atoms with Crippen molar-refractivity contribution < 1.29 is 23.7 Å². The molecule has 1 aliphatic rings. The summed E-state index contributed by atoms with van der Waals surface area (Å²) in [6.07, 6.45) is 2.43. The maximum atomic E-state index is 12.4. The molecule has 32 heavy (non-hydrogen) atoms. The number of carbonyl (C=O) groups excluding carboxylic acids is 1. The fourth-order valence-corrected chi connectivity index (χ4v) is 3.80. The van der Waals surface area contributed by atoms with Crippen molar-refractivity contribution in [3.8, 4) is 17.2 Å². The molecule has 3 rings (SSSR count). The lowest BCUT2D eigenvalue weighted by molar-refractivity contribution is -0.120. The molecule has 1 heterocycles. The number of nitrogens with one attached hydrogen (secondary N) is 1. The second kappa shape index (κ2) is 12.3. The van der Waals surface area contributed by atoms with E-state index in [1.54, 1.807) is 14.2 Å². The number of ether oxygens (including phenoxy) is 4. The standard InChI is InChI=1S/C25H34N2O5/c1-27(21-9-12-31-13-10-21)11-14-32-22-6-4-5-20(15-22)18-26-25(28)17-19-7-8-23(29-2)24(16-19)30-3/h4-8,15-16,21H,9-14,17-18H2,1-3H3,(H,26,28). The van der Waals surface area contributed by atoms with Gasteiger partial charge in [0.2, 0.25) is 5.91 Å². The fraction of sp³-hybridized carbons (Fsp3) is 0.480. The van der Waals surface area contributed by atoms with Gasteiger partial charge in [0.1, 0.15) is 12.4 Å². The Morgan fingerprint density at radius 1 is 1.06 bits per heavy atom. The quantitative estimate of drug-likeness (QED) is 0.577. The number of nitrogens with zero attached hydrogens (tertiary/aromatic N) is 1. The van der Waals surface area contributed by atoms with Gasteiger partial charge >= 0.3 is 0 Å². The minimum Gasteiger partial charge on any atom is -0.493 e. The second-order valence-electron chi connectivity index (χ2n) is 7.96. The van der Waals surface area contributed by atoms with E-state index < -0.39 is 0 Å². The molecular formula is C25H34N2O5. The topological polar surface area (TPSA) is 69.3 Å². The van der Waals surface area contributed by atoms with Crippen molar-refractivity contribution in [2.24, 2.45) is 0 Å². The number of carbonyl (C=O) groups is 1. The van der Waals surface area contributed by atoms with Crippen LogP contribution < -0.4 is 19.5 Å². The van der Waals surface area contributed by atoms with Gasteiger partial charge in [-0.3, -0.25) is 9.69 Å². The van der Waals surface area contributed by atoms with Crippen LogP contribution in [0, 0.1) is 0 Å². The van der Waals surface area contributed by atoms with Gasteiger partial charge < -0.3 is 24.3 Å². The first-order chi connectivity index (χ1) is 15.6. The van der Waals surface area contributed by atoms with Gasteiger partial charge in [-0.25, -0.2) is 0 Å². The van der Waals surface area contributed by atoms with E-state index in [4.69, 9.17) is 18.9 Å². The molecule has 0 bridgehead atoms. The van der Waals surface area contributed by atoms with E-state index in [1.807, 2.05) is 42.5 Å². The predicted molar refractivity (Wildman–Crippen MR) is 124 cm³/mol. The molecule has 0 radical (unpaired) electrons. The molecule has 0 spiro atoms. The number of amides is 1. The number of hydrogen-bond donors (Lipinski definition) is 1. The van der Waals surface area contributed by atoms with Gasteiger partial charge in [0.25, 0.3) is 0 Å². The first-order valence-electron chi connectivity index (χ1n) is 11.1. The van der Waals surface area contributed by atoms with E-state index in [-0.39, 0.29) is 12.3 Å². The average molecular weight is 443 g/mol. The summed E-state index contributed by atoms with van der Waals surface area (Å²) in [7, 11) is 5.32. The number of rotatable bonds is 11. The monoisotopic (exact) mass is 442 g/mol. The van der Waals surface area contributed by atoms with Gasteiger partial charge in [-0.2, -0.15) is 0 Å². The van der Waals surface area contributed by atoms with Crippen LogP contribution in [0.1, 0.15) is 24.0 Å². The third-order valence-electron chi connectivity index (χ3n) is 5.73. The average Bonchev–Trinajstić information content (AvgIpc) is 2.83. The number of benzene rings is 2. The Kier molecular flexibility index (Phi) is 9.19. The van der Waals surface area contributed by atoms with Gasteiger partial charge in [0.05, 0.1) is 20.6 Å². The molecule has 1 saturated heterocycles. The Balaban J connectivity index is 1.43. The second-order valence-corrected chi connectivity index (χ2v) is 7.96. The van der Waals surface area contributed by atoms with Gasteiger partial charge in [-0.15, -0.1) is 0 Å². The number of methoxy groups -OCH3 is 2. The number of hydrogen-bond acceptors (Lipinski definition) is 6. The van der Waals surface area contributed by atoms with E-state index in [0.717, 1.165) is 49.5 Å². The Morgan fingerprint density at radius 3 is 2.59 bits per heavy atom. The lowest BCUT2D eigenvalue weighted by Crippen LogP contribution is -2.38. The molecule has 0 aliphatic carbocycles. The molecule has 1 amide bonds. The van der Waals surface area contributed by atoms with Crippen molar-refractivity contribution >= 4 is 5.91 Å². The minimum atomic E-state index is -0.0540. The van der Waals surface area contributed by atoms with Crippen LogP contribution in [0.5, 0.6) is 17.2 Å². The molecule has 0 saturated carbocycles. The van der Waals surface area contributed by atoms with Crippen molar-refractivity contribution in [1.29, 1.82) is 0 Å². The molecule has 1 fully saturated rings. The predicted octanol–water partition coefficient (Wildman–Crippen LogP) is 3.05. The Morgan fingerprint density at radius 2 is 1.84 bits per heavy atom. The summed E-state index contributed by atoms with van der Waals surface area (Å²) in [6.45, 7) is 3.64. The zero-order valence-corrected chi connectivity index (χ0v) is 19.3. The molecule has 0 unspecified atom stereocenters. The van der Waals surface area contributed by atoms with Crippen molar-refractivity contribution in [3.63, 3.8) is 0 Å². The SMILES string of the molecule is COc1ccc(CC(=O)NCc2cccc(OCCN(C)C3CCOCC3)c2)cc1OC. The minimum absolute atomic E-state index is 0.0540. The molecular weight excluding hydrogens is 408 g/mol. The molecule has 0 atom stereocenters. The van der Waals surface area contributed by atoms with Crippen molar-refractivity contribution in [2.45, 2.75) is 31.8 Å². The number of likely N-dealkylation sites (N-methyl/N-ethyl adjacent to an activating group) is 1. The van der Waals surface area contributed by atoms with Crippen LogP contribution in [0.4, 0.5) is 0 Å². The van der Waals surface area contributed by atoms with E-state index in [9.17, 15) is 4.79 Å². The highest BCUT2D eigenvalue weighted by molar-refractivity contribution is 5.78. The Labute approximate surface area is 190 Å². The van der Waals surface area contributed by atoms with Crippen LogP contribution in [0.15, 0.2) is 42.5 Å². The van der Waals surface area contributed by atoms with E-state index >= 15 is 0 Å². The van der Waals surface area contributed by atoms with Crippen molar-refractivity contribution in [2.75, 3.05) is 47.6 Å². The van der Waals surface area contributed by atoms with Crippen LogP contribution in [0.3, 0.4) is 0 Å². The third kappa shape index (κ3) is 7.14. The molecule has 2 aromatic carbocycles. The first-order valence-corrected chi connectivity index (χ1v) is 11.1. The Hall–Kier alpha value is -2.77. The van der Waals surface area contributed by atoms with Crippen LogP contribution in [-0.2, 0) is 22.5 Å². The molecule has 7 nitrogen and oxygen atoms in total. The lowest BCUT2D eigenvalue weighted by atomic mass is 10.1. The normalized spacial score (nSPS) is 14.2. The van der Waals surface area contributed by atoms with Gasteiger partial charge in [-0.05, 0) is 55.3 Å². The zero-order chi connectivity index (χ0) is 22.8. The van der Waals surface area contributed by atoms with Gasteiger partial charge in [-0.1, -0.05) is 18.2 Å². The molecule has 174 valence electrons. The van der Waals surface area contributed by atoms with Gasteiger partial charge in [0, 0.05) is 32.3 Å². The summed E-state index contributed by atoms with van der Waals surface area (Å²) in [5.41, 5.74) is 1.87. The zero-order valence-electron chi connectivity index (χ0n) is 19.3. The molecule has 2 aromatic rings. The summed E-state index contributed by atoms with van der Waals surface area (Å²) in [5.74, 6) is 2.02. The van der Waals surface area contributed by atoms with Crippen LogP contribution in [-0.4, -0.2) is 64.5 Å². The van der Waals surface area contributed by atoms with Gasteiger partial charge in [0.15, 0.2) is 11.5 Å². The molecule has 1 N–H and O–H groups in total. The van der Waals surface area contributed by atoms with Crippen LogP contribution in [0.25, 0.3) is 0 Å². The van der Waals surface area contributed by atoms with Crippen LogP contribution >= 0.6 is 0 Å². The van der Waals surface area contributed by atoms with E-state index in [2.05, 4.69) is 17.3 Å². The largest absolute Gasteiger partial charge is 0.493 e. The summed E-state index contributed by atoms with van der Waals surface area (Å²) >= 11 is 0. The van der Waals surface area contributed by atoms with E-state index in [0.29, 0.717) is 30.7 Å². The molecule has 7 heteroatoms. The summed E-state index contributed by atoms with van der Waals surface area (Å²) in [4.78, 5) is 14.7. The third-order valence-corrected chi connectivity index (χ3v) is 5.73. The highest BCUT2D eigenvalue weighted by Crippen LogP contribution is 2.27. The summed E-state index contributed by atoms with van der Waals surface area (Å²) < 4.78 is 21.9. The van der Waals surface area contributed by atoms with Crippen molar-refractivity contribution in [3.05, 3.63) is 53.6 Å². The molecule has 0 aromatic heterocycles. The summed E-state index contributed by atoms with van der Waals surface area (Å²) in [5, 5.41) is 2.97. The molecule has 1 aliphatic heterocycles. The maximum absolute atomic E-state index is 12.4. The maximum Gasteiger partial charge on any atom is 0.224 e. The Bertz CT molecular complexity index is 867. The van der Waals surface area contributed by atoms with E-state index in [1.165, 1.54) is 0 Å². The van der Waals surface area contributed by atoms with Crippen molar-refractivity contribution in [1.82, 2.24) is 10.2 Å². The first kappa shape index (κ1) is 23.9.